The molecule has 0 aromatic heterocycles. The molecule has 4 rings (SSSR count). The molecule has 0 aromatic carbocycles. The molecular formula is C20H30O2. The van der Waals surface area contributed by atoms with Gasteiger partial charge in [0.25, 0.3) is 0 Å². The van der Waals surface area contributed by atoms with Gasteiger partial charge in [-0.2, -0.15) is 0 Å². The molecule has 0 radical (unpaired) electrons. The third kappa shape index (κ3) is 1.88. The van der Waals surface area contributed by atoms with E-state index in [1.807, 2.05) is 0 Å². The van der Waals surface area contributed by atoms with Crippen LogP contribution in [0.3, 0.4) is 0 Å². The Balaban J connectivity index is 1.68. The summed E-state index contributed by atoms with van der Waals surface area (Å²) in [7, 11) is 0. The van der Waals surface area contributed by atoms with E-state index in [0.717, 1.165) is 25.7 Å². The molecule has 0 bridgehead atoms. The van der Waals surface area contributed by atoms with Crippen LogP contribution in [0.1, 0.15) is 71.5 Å². The number of rotatable bonds is 0. The fourth-order valence-corrected chi connectivity index (χ4v) is 6.32. The minimum Gasteiger partial charge on any atom is -0.393 e. The minimum absolute atomic E-state index is 0.0290. The SMILES string of the molecule is [2H]C1([2H])C[C@@H]2[C@H]3CC[C@@]4(C)[C@@H](CC[C@@]4(O)C#C)[C@@H]3CC[C@H]2C([2H])([2H])[C@@]1([2H])O. The summed E-state index contributed by atoms with van der Waals surface area (Å²) < 4.78 is 41.3. The largest absolute Gasteiger partial charge is 0.393 e. The molecule has 4 aliphatic rings. The maximum atomic E-state index is 11.0. The highest BCUT2D eigenvalue weighted by atomic mass is 16.3. The molecule has 2 nitrogen and oxygen atoms in total. The molecule has 0 unspecified atom stereocenters. The topological polar surface area (TPSA) is 40.5 Å². The molecule has 8 atom stereocenters. The maximum absolute atomic E-state index is 11.0. The zero-order valence-corrected chi connectivity index (χ0v) is 13.3. The summed E-state index contributed by atoms with van der Waals surface area (Å²) >= 11 is 0. The molecule has 2 N–H and O–H groups in total. The molecule has 122 valence electrons. The summed E-state index contributed by atoms with van der Waals surface area (Å²) in [6, 6.07) is 0. The number of terminal acetylenes is 1. The molecule has 0 saturated heterocycles. The standard InChI is InChI=1S/C20H30O2/c1-3-20(22)11-9-18-17-6-4-13-12-14(21)5-7-15(13)16(17)8-10-19(18,20)2/h1,13-18,21-22H,4-12H2,2H3/t13-,14-,15-,16+,17+,18-,19-,20-/m0/s1/i5D2,12D2,14D. The summed E-state index contributed by atoms with van der Waals surface area (Å²) in [4.78, 5) is 0. The van der Waals surface area contributed by atoms with Gasteiger partial charge in [0, 0.05) is 10.9 Å². The molecule has 4 saturated carbocycles. The van der Waals surface area contributed by atoms with Gasteiger partial charge in [0.15, 0.2) is 0 Å². The Bertz CT molecular complexity index is 686. The second-order valence-corrected chi connectivity index (χ2v) is 8.16. The van der Waals surface area contributed by atoms with Gasteiger partial charge in [0.05, 0.1) is 7.45 Å². The van der Waals surface area contributed by atoms with Gasteiger partial charge in [-0.3, -0.25) is 0 Å². The summed E-state index contributed by atoms with van der Waals surface area (Å²) in [6.07, 6.45) is 2.79. The molecule has 4 fully saturated rings. The van der Waals surface area contributed by atoms with Crippen molar-refractivity contribution in [2.75, 3.05) is 0 Å². The first-order chi connectivity index (χ1) is 12.3. The van der Waals surface area contributed by atoms with Crippen molar-refractivity contribution in [2.24, 2.45) is 35.0 Å². The summed E-state index contributed by atoms with van der Waals surface area (Å²) in [6.45, 7) is 2.09. The van der Waals surface area contributed by atoms with Crippen LogP contribution >= 0.6 is 0 Å². The highest BCUT2D eigenvalue weighted by Gasteiger charge is 2.62. The number of aliphatic hydroxyl groups is 2. The van der Waals surface area contributed by atoms with Gasteiger partial charge < -0.3 is 10.2 Å². The zero-order chi connectivity index (χ0) is 20.0. The van der Waals surface area contributed by atoms with E-state index in [1.54, 1.807) is 0 Å². The van der Waals surface area contributed by atoms with E-state index in [1.165, 1.54) is 0 Å². The van der Waals surface area contributed by atoms with Crippen LogP contribution in [-0.2, 0) is 0 Å². The van der Waals surface area contributed by atoms with Crippen LogP contribution in [0, 0.1) is 47.3 Å². The lowest BCUT2D eigenvalue weighted by Crippen LogP contribution is -2.53. The van der Waals surface area contributed by atoms with Crippen LogP contribution < -0.4 is 0 Å². The molecule has 22 heavy (non-hydrogen) atoms. The zero-order valence-electron chi connectivity index (χ0n) is 18.3. The van der Waals surface area contributed by atoms with E-state index in [9.17, 15) is 10.2 Å². The summed E-state index contributed by atoms with van der Waals surface area (Å²) in [5.41, 5.74) is -1.42. The Hall–Kier alpha value is -0.520. The predicted octanol–water partition coefficient (Wildman–Crippen LogP) is 3.36. The lowest BCUT2D eigenvalue weighted by Gasteiger charge is -2.56. The maximum Gasteiger partial charge on any atom is 0.130 e. The Morgan fingerprint density at radius 1 is 1.14 bits per heavy atom. The number of hydrogen-bond donors (Lipinski definition) is 2. The monoisotopic (exact) mass is 307 g/mol. The fraction of sp³-hybridized carbons (Fsp3) is 0.900. The summed E-state index contributed by atoms with van der Waals surface area (Å²) in [5.74, 6) is 2.71. The predicted molar refractivity (Wildman–Crippen MR) is 86.9 cm³/mol. The van der Waals surface area contributed by atoms with Crippen molar-refractivity contribution in [2.45, 2.75) is 76.3 Å². The second-order valence-electron chi connectivity index (χ2n) is 8.16. The fourth-order valence-electron chi connectivity index (χ4n) is 6.32. The first kappa shape index (κ1) is 10.4. The molecule has 0 heterocycles. The molecule has 2 heteroatoms. The first-order valence-corrected chi connectivity index (χ1v) is 8.75. The van der Waals surface area contributed by atoms with Crippen molar-refractivity contribution in [1.82, 2.24) is 0 Å². The van der Waals surface area contributed by atoms with Crippen LogP contribution in [-0.4, -0.2) is 21.9 Å². The van der Waals surface area contributed by atoms with Crippen LogP contribution in [0.2, 0.25) is 0 Å². The second kappa shape index (κ2) is 4.99. The number of hydrogen-bond acceptors (Lipinski definition) is 2. The molecule has 0 spiro atoms. The quantitative estimate of drug-likeness (QED) is 0.674. The highest BCUT2D eigenvalue weighted by Crippen LogP contribution is 2.65. The van der Waals surface area contributed by atoms with Gasteiger partial charge >= 0.3 is 0 Å². The minimum atomic E-state index is -2.73. The van der Waals surface area contributed by atoms with Gasteiger partial charge in [0.2, 0.25) is 0 Å². The Morgan fingerprint density at radius 2 is 1.95 bits per heavy atom. The van der Waals surface area contributed by atoms with Crippen LogP contribution in [0.5, 0.6) is 0 Å². The average Bonchev–Trinajstić information content (AvgIpc) is 2.85. The van der Waals surface area contributed by atoms with Crippen molar-refractivity contribution < 1.29 is 17.1 Å². The van der Waals surface area contributed by atoms with Gasteiger partial charge in [-0.15, -0.1) is 6.42 Å². The molecule has 0 aliphatic heterocycles. The van der Waals surface area contributed by atoms with Crippen molar-refractivity contribution in [3.05, 3.63) is 0 Å². The van der Waals surface area contributed by atoms with E-state index >= 15 is 0 Å². The van der Waals surface area contributed by atoms with Crippen LogP contribution in [0.15, 0.2) is 0 Å². The van der Waals surface area contributed by atoms with Crippen molar-refractivity contribution >= 4 is 0 Å². The first-order valence-electron chi connectivity index (χ1n) is 11.2. The van der Waals surface area contributed by atoms with E-state index < -0.39 is 30.3 Å². The Morgan fingerprint density at radius 3 is 2.73 bits per heavy atom. The van der Waals surface area contributed by atoms with E-state index in [0.29, 0.717) is 18.8 Å². The van der Waals surface area contributed by atoms with Gasteiger partial charge in [0.1, 0.15) is 5.60 Å². The Labute approximate surface area is 141 Å². The van der Waals surface area contributed by atoms with Crippen LogP contribution in [0.25, 0.3) is 0 Å². The lowest BCUT2D eigenvalue weighted by atomic mass is 9.49. The third-order valence-electron chi connectivity index (χ3n) is 7.59. The normalized spacial score (nSPS) is 68.6. The molecular weight excluding hydrogens is 272 g/mol. The average molecular weight is 307 g/mol. The van der Waals surface area contributed by atoms with Crippen LogP contribution in [0.4, 0.5) is 0 Å². The molecule has 4 aliphatic carbocycles. The van der Waals surface area contributed by atoms with Gasteiger partial charge in [-0.05, 0) is 87.3 Å². The van der Waals surface area contributed by atoms with E-state index in [4.69, 9.17) is 13.3 Å². The van der Waals surface area contributed by atoms with Gasteiger partial charge in [-0.1, -0.05) is 12.8 Å². The van der Waals surface area contributed by atoms with Gasteiger partial charge in [-0.25, -0.2) is 0 Å². The smallest absolute Gasteiger partial charge is 0.130 e. The Kier molecular flexibility index (Phi) is 2.35. The van der Waals surface area contributed by atoms with Crippen molar-refractivity contribution in [3.8, 4) is 12.3 Å². The number of fused-ring (bicyclic) bond motifs is 5. The van der Waals surface area contributed by atoms with Crippen molar-refractivity contribution in [1.29, 1.82) is 0 Å². The highest BCUT2D eigenvalue weighted by molar-refractivity contribution is 5.23. The third-order valence-corrected chi connectivity index (χ3v) is 7.59. The molecule has 0 amide bonds. The summed E-state index contributed by atoms with van der Waals surface area (Å²) in [5, 5.41) is 21.4. The van der Waals surface area contributed by atoms with E-state index in [2.05, 4.69) is 12.8 Å². The lowest BCUT2D eigenvalue weighted by molar-refractivity contribution is -0.111. The van der Waals surface area contributed by atoms with Crippen molar-refractivity contribution in [3.63, 3.8) is 0 Å². The van der Waals surface area contributed by atoms with E-state index in [-0.39, 0.29) is 29.6 Å². The molecule has 0 aromatic rings.